The van der Waals surface area contributed by atoms with Gasteiger partial charge in [0.1, 0.15) is 23.0 Å². The highest BCUT2D eigenvalue weighted by Crippen LogP contribution is 2.54. The van der Waals surface area contributed by atoms with Gasteiger partial charge in [0, 0.05) is 43.4 Å². The molecule has 14 nitrogen and oxygen atoms in total. The van der Waals surface area contributed by atoms with Crippen LogP contribution in [0.15, 0.2) is 131 Å². The summed E-state index contributed by atoms with van der Waals surface area (Å²) in [6.07, 6.45) is 2.64. The molecule has 0 fully saturated rings. The number of imide groups is 2. The Balaban J connectivity index is 1.26. The van der Waals surface area contributed by atoms with Gasteiger partial charge in [-0.1, -0.05) is 103 Å². The van der Waals surface area contributed by atoms with Gasteiger partial charge in [-0.15, -0.1) is 0 Å². The van der Waals surface area contributed by atoms with E-state index in [-0.39, 0.29) is 66.9 Å². The van der Waals surface area contributed by atoms with Gasteiger partial charge in [-0.2, -0.15) is 16.8 Å². The number of aryl methyl sites for hydroxylation is 2. The molecule has 4 amide bonds. The number of nitrogens with zero attached hydrogens (tertiary/aromatic N) is 2. The number of hydrogen-bond donors (Lipinski definition) is 2. The molecule has 2 aliphatic rings. The Kier molecular flexibility index (Phi) is 12.1. The number of para-hydroxylation sites is 2. The molecule has 2 heterocycles. The summed E-state index contributed by atoms with van der Waals surface area (Å²) >= 11 is 0. The molecule has 0 radical (unpaired) electrons. The van der Waals surface area contributed by atoms with Crippen LogP contribution in [0.4, 0.5) is 11.4 Å². The maximum atomic E-state index is 15.6. The molecule has 384 valence electrons. The van der Waals surface area contributed by atoms with Crippen LogP contribution in [-0.2, 0) is 33.1 Å². The number of carbonyl (C=O) groups is 4. The fourth-order valence-corrected chi connectivity index (χ4v) is 12.2. The Bertz CT molecular complexity index is 3950. The lowest BCUT2D eigenvalue weighted by atomic mass is 9.81. The van der Waals surface area contributed by atoms with Crippen LogP contribution in [0.2, 0.25) is 0 Å². The molecule has 0 spiro atoms. The minimum absolute atomic E-state index is 0.0794. The largest absolute Gasteiger partial charge is 0.457 e. The van der Waals surface area contributed by atoms with Crippen molar-refractivity contribution in [1.82, 2.24) is 0 Å². The fraction of sp³-hybridized carbons (Fsp3) is 0.200. The molecule has 0 saturated heterocycles. The monoisotopic (exact) mass is 1050 g/mol. The SMILES string of the molecule is CCCc1cccc(C(C)C)c1N1C(=O)c2ccc3c4c(Oc5ccc(S(=O)(=O)O)cc5)cc5c6c(ccc(c7c(Oc8ccc(S(=O)(=O)O)cc8)cc(c2c37)C1=O)c64)C(=O)N(c1c(CCC)cccc1C(C)C)C5=O. The molecule has 16 heteroatoms. The number of hydrogen-bond acceptors (Lipinski definition) is 10. The summed E-state index contributed by atoms with van der Waals surface area (Å²) in [5.41, 5.74) is 4.89. The number of fused-ring (bicyclic) bond motifs is 2. The van der Waals surface area contributed by atoms with Crippen molar-refractivity contribution < 1.29 is 54.6 Å². The second-order valence-corrected chi connectivity index (χ2v) is 22.8. The van der Waals surface area contributed by atoms with Crippen LogP contribution in [0.25, 0.3) is 43.1 Å². The normalized spacial score (nSPS) is 14.0. The second kappa shape index (κ2) is 18.4. The van der Waals surface area contributed by atoms with E-state index in [4.69, 9.17) is 9.47 Å². The molecule has 0 bridgehead atoms. The van der Waals surface area contributed by atoms with Crippen molar-refractivity contribution in [3.8, 4) is 23.0 Å². The van der Waals surface area contributed by atoms with Gasteiger partial charge in [-0.3, -0.25) is 28.3 Å². The van der Waals surface area contributed by atoms with Crippen LogP contribution in [-0.4, -0.2) is 49.6 Å². The summed E-state index contributed by atoms with van der Waals surface area (Å²) in [7, 11) is -9.18. The highest BCUT2D eigenvalue weighted by molar-refractivity contribution is 7.86. The van der Waals surface area contributed by atoms with E-state index in [9.17, 15) is 25.9 Å². The van der Waals surface area contributed by atoms with E-state index < -0.39 is 43.9 Å². The van der Waals surface area contributed by atoms with E-state index in [2.05, 4.69) is 0 Å². The Morgan fingerprint density at radius 2 is 0.803 bits per heavy atom. The number of carbonyl (C=O) groups excluding carboxylic acids is 4. The minimum Gasteiger partial charge on any atom is -0.457 e. The van der Waals surface area contributed by atoms with Gasteiger partial charge in [0.05, 0.1) is 32.3 Å². The molecule has 2 N–H and O–H groups in total. The predicted octanol–water partition coefficient (Wildman–Crippen LogP) is 13.6. The molecule has 2 aliphatic heterocycles. The first-order chi connectivity index (χ1) is 36.2. The molecule has 0 saturated carbocycles. The summed E-state index contributed by atoms with van der Waals surface area (Å²) in [6, 6.07) is 31.5. The minimum atomic E-state index is -4.59. The Morgan fingerprint density at radius 3 is 1.13 bits per heavy atom. The van der Waals surface area contributed by atoms with Crippen molar-refractivity contribution in [2.75, 3.05) is 9.80 Å². The summed E-state index contributed by atoms with van der Waals surface area (Å²) in [4.78, 5) is 63.5. The predicted molar refractivity (Wildman–Crippen MR) is 292 cm³/mol. The van der Waals surface area contributed by atoms with Gasteiger partial charge in [-0.05, 0) is 131 Å². The van der Waals surface area contributed by atoms with E-state index in [1.54, 1.807) is 36.4 Å². The molecule has 9 aromatic carbocycles. The van der Waals surface area contributed by atoms with Crippen molar-refractivity contribution in [3.63, 3.8) is 0 Å². The lowest BCUT2D eigenvalue weighted by molar-refractivity contribution is 0.0877. The average molecular weight is 1060 g/mol. The van der Waals surface area contributed by atoms with Crippen molar-refractivity contribution in [1.29, 1.82) is 0 Å². The topological polar surface area (TPSA) is 202 Å². The molecular formula is C60H50N2O12S2. The van der Waals surface area contributed by atoms with Crippen LogP contribution >= 0.6 is 0 Å². The molecular weight excluding hydrogens is 1000 g/mol. The average Bonchev–Trinajstić information content (AvgIpc) is 3.44. The van der Waals surface area contributed by atoms with Crippen molar-refractivity contribution in [2.24, 2.45) is 0 Å². The summed E-state index contributed by atoms with van der Waals surface area (Å²) < 4.78 is 81.8. The number of anilines is 2. The van der Waals surface area contributed by atoms with Crippen LogP contribution in [0.1, 0.15) is 130 Å². The lowest BCUT2D eigenvalue weighted by Crippen LogP contribution is -2.42. The van der Waals surface area contributed by atoms with E-state index in [1.165, 1.54) is 58.3 Å². The van der Waals surface area contributed by atoms with Gasteiger partial charge in [0.15, 0.2) is 0 Å². The summed E-state index contributed by atoms with van der Waals surface area (Å²) in [5.74, 6) is -2.05. The Labute approximate surface area is 438 Å². The van der Waals surface area contributed by atoms with Crippen molar-refractivity contribution in [3.05, 3.63) is 166 Å². The Hall–Kier alpha value is -8.02. The van der Waals surface area contributed by atoms with Crippen molar-refractivity contribution in [2.45, 2.75) is 88.9 Å². The fourth-order valence-electron chi connectivity index (χ4n) is 11.2. The summed E-state index contributed by atoms with van der Waals surface area (Å²) in [6.45, 7) is 12.0. The molecule has 11 rings (SSSR count). The van der Waals surface area contributed by atoms with E-state index in [1.807, 2.05) is 77.9 Å². The third kappa shape index (κ3) is 7.88. The zero-order valence-corrected chi connectivity index (χ0v) is 43.9. The van der Waals surface area contributed by atoms with Gasteiger partial charge >= 0.3 is 0 Å². The van der Waals surface area contributed by atoms with Gasteiger partial charge in [-0.25, -0.2) is 9.80 Å². The zero-order chi connectivity index (χ0) is 53.9. The maximum Gasteiger partial charge on any atom is 0.294 e. The highest BCUT2D eigenvalue weighted by atomic mass is 32.2. The first kappa shape index (κ1) is 50.2. The first-order valence-electron chi connectivity index (χ1n) is 25.0. The van der Waals surface area contributed by atoms with Crippen LogP contribution < -0.4 is 19.3 Å². The third-order valence-corrected chi connectivity index (χ3v) is 16.2. The van der Waals surface area contributed by atoms with Crippen LogP contribution in [0, 0.1) is 0 Å². The molecule has 0 aromatic heterocycles. The lowest BCUT2D eigenvalue weighted by Gasteiger charge is -2.34. The zero-order valence-electron chi connectivity index (χ0n) is 42.2. The van der Waals surface area contributed by atoms with Crippen LogP contribution in [0.5, 0.6) is 23.0 Å². The number of rotatable bonds is 14. The van der Waals surface area contributed by atoms with E-state index in [0.29, 0.717) is 67.3 Å². The molecule has 0 atom stereocenters. The number of ether oxygens (including phenoxy) is 2. The molecule has 76 heavy (non-hydrogen) atoms. The first-order valence-corrected chi connectivity index (χ1v) is 27.9. The Morgan fingerprint density at radius 1 is 0.447 bits per heavy atom. The smallest absolute Gasteiger partial charge is 0.294 e. The standard InChI is InChI=1S/C60H50N2O12S2/c1-7-11-33-13-9-15-39(31(3)4)55(33)61-57(63)43-27-25-41-52-48(74-36-19-23-38(24-20-36)76(70,71)72)30-46-50-44(58(64)62(60(46)66)56-34(12-8-2)14-10-16-40(56)32(5)6)28-26-42(54(50)52)51-47(29-45(59(61)65)49(43)53(41)51)73-35-17-21-37(22-18-35)75(67,68)69/h9-10,13-32H,7-8,11-12H2,1-6H3,(H,67,68,69)(H,70,71,72). The number of benzene rings is 9. The third-order valence-electron chi connectivity index (χ3n) is 14.5. The van der Waals surface area contributed by atoms with Crippen LogP contribution in [0.3, 0.4) is 0 Å². The second-order valence-electron chi connectivity index (χ2n) is 19.9. The molecule has 0 unspecified atom stereocenters. The highest BCUT2D eigenvalue weighted by Gasteiger charge is 2.42. The van der Waals surface area contributed by atoms with Gasteiger partial charge < -0.3 is 9.47 Å². The number of amides is 4. The maximum absolute atomic E-state index is 15.6. The summed E-state index contributed by atoms with van der Waals surface area (Å²) in [5, 5.41) is 3.05. The van der Waals surface area contributed by atoms with Gasteiger partial charge in [0.2, 0.25) is 0 Å². The van der Waals surface area contributed by atoms with Crippen molar-refractivity contribution >= 4 is 98.3 Å². The van der Waals surface area contributed by atoms with E-state index in [0.717, 1.165) is 35.1 Å². The molecule has 9 aromatic rings. The molecule has 0 aliphatic carbocycles. The van der Waals surface area contributed by atoms with Gasteiger partial charge in [0.25, 0.3) is 43.9 Å². The quantitative estimate of drug-likeness (QED) is 0.0452. The van der Waals surface area contributed by atoms with E-state index >= 15 is 19.2 Å².